The molecular weight excluding hydrogens is 617 g/mol. The van der Waals surface area contributed by atoms with Gasteiger partial charge in [-0.15, -0.1) is 0 Å². The van der Waals surface area contributed by atoms with Crippen molar-refractivity contribution in [1.29, 1.82) is 0 Å². The molecule has 0 bridgehead atoms. The second-order valence-corrected chi connectivity index (χ2v) is 15.2. The van der Waals surface area contributed by atoms with Gasteiger partial charge in [0.05, 0.1) is 11.0 Å². The summed E-state index contributed by atoms with van der Waals surface area (Å²) in [6, 6.07) is 58.6. The molecule has 0 saturated carbocycles. The van der Waals surface area contributed by atoms with E-state index in [1.807, 2.05) is 0 Å². The van der Waals surface area contributed by atoms with Crippen LogP contribution in [0.1, 0.15) is 31.9 Å². The third-order valence-corrected chi connectivity index (χ3v) is 10.9. The Hall–Kier alpha value is -6.12. The first kappa shape index (κ1) is 29.8. The maximum absolute atomic E-state index is 2.42. The lowest BCUT2D eigenvalue weighted by atomic mass is 9.78. The van der Waals surface area contributed by atoms with Crippen molar-refractivity contribution >= 4 is 60.4 Å². The van der Waals surface area contributed by atoms with Crippen LogP contribution in [0.4, 0.5) is 17.1 Å². The molecule has 51 heavy (non-hydrogen) atoms. The predicted octanol–water partition coefficient (Wildman–Crippen LogP) is 13.8. The molecule has 1 heterocycles. The molecule has 0 radical (unpaired) electrons. The second kappa shape index (κ2) is 10.9. The summed E-state index contributed by atoms with van der Waals surface area (Å²) < 4.78 is 2.41. The summed E-state index contributed by atoms with van der Waals surface area (Å²) in [6.07, 6.45) is 0. The van der Waals surface area contributed by atoms with E-state index < -0.39 is 0 Å². The first-order valence-electron chi connectivity index (χ1n) is 17.9. The summed E-state index contributed by atoms with van der Waals surface area (Å²) in [5.41, 5.74) is 15.2. The lowest BCUT2D eigenvalue weighted by Crippen LogP contribution is -2.15. The van der Waals surface area contributed by atoms with E-state index in [0.717, 1.165) is 11.4 Å². The van der Waals surface area contributed by atoms with Gasteiger partial charge in [-0.2, -0.15) is 0 Å². The fourth-order valence-electron chi connectivity index (χ4n) is 8.20. The zero-order chi connectivity index (χ0) is 34.4. The number of anilines is 3. The standard InChI is InChI=1S/C49H38N2/c1-31-18-21-36(49(2,3)4)30-48(31)50(37-12-6-5-7-13-37)38-22-19-32-26-42-43-27-33-20-23-39(25-35(33)29-45(43)44(42)28-34(32)24-38)51-46-16-10-8-14-40(46)41-15-9-11-17-47(41)51/h5-30H,1-4H3. The third-order valence-electron chi connectivity index (χ3n) is 10.9. The van der Waals surface area contributed by atoms with Crippen LogP contribution in [0.2, 0.25) is 0 Å². The average Bonchev–Trinajstić information content (AvgIpc) is 3.48. The number of rotatable bonds is 4. The highest BCUT2D eigenvalue weighted by molar-refractivity contribution is 6.13. The van der Waals surface area contributed by atoms with Gasteiger partial charge in [0, 0.05) is 33.5 Å². The zero-order valence-corrected chi connectivity index (χ0v) is 29.4. The number of benzene rings is 8. The molecule has 9 aromatic rings. The highest BCUT2D eigenvalue weighted by atomic mass is 15.1. The molecule has 0 fully saturated rings. The van der Waals surface area contributed by atoms with Gasteiger partial charge >= 0.3 is 0 Å². The Labute approximate surface area is 298 Å². The van der Waals surface area contributed by atoms with Crippen molar-refractivity contribution in [1.82, 2.24) is 4.57 Å². The molecule has 8 aromatic carbocycles. The number of aryl methyl sites for hydroxylation is 1. The van der Waals surface area contributed by atoms with Crippen molar-refractivity contribution in [2.45, 2.75) is 33.1 Å². The molecule has 2 nitrogen and oxygen atoms in total. The predicted molar refractivity (Wildman–Crippen MR) is 218 cm³/mol. The summed E-state index contributed by atoms with van der Waals surface area (Å²) in [4.78, 5) is 2.42. The number of hydrogen-bond donors (Lipinski definition) is 0. The highest BCUT2D eigenvalue weighted by Crippen LogP contribution is 2.51. The Morgan fingerprint density at radius 2 is 1.00 bits per heavy atom. The molecule has 10 rings (SSSR count). The molecule has 1 aliphatic rings. The van der Waals surface area contributed by atoms with Crippen molar-refractivity contribution in [2.75, 3.05) is 4.90 Å². The van der Waals surface area contributed by atoms with Crippen molar-refractivity contribution in [3.63, 3.8) is 0 Å². The van der Waals surface area contributed by atoms with E-state index >= 15 is 0 Å². The number of hydrogen-bond acceptors (Lipinski definition) is 1. The molecule has 0 aliphatic heterocycles. The van der Waals surface area contributed by atoms with Crippen LogP contribution >= 0.6 is 0 Å². The Morgan fingerprint density at radius 1 is 0.451 bits per heavy atom. The van der Waals surface area contributed by atoms with Crippen LogP contribution in [-0.4, -0.2) is 4.57 Å². The van der Waals surface area contributed by atoms with Crippen LogP contribution in [0.15, 0.2) is 158 Å². The largest absolute Gasteiger partial charge is 0.310 e. The zero-order valence-electron chi connectivity index (χ0n) is 29.4. The van der Waals surface area contributed by atoms with Gasteiger partial charge < -0.3 is 9.47 Å². The van der Waals surface area contributed by atoms with Crippen molar-refractivity contribution in [2.24, 2.45) is 0 Å². The SMILES string of the molecule is Cc1ccc(C(C)(C)C)cc1N(c1ccccc1)c1ccc2cc3c(cc2c1)-c1cc2cc(-n4c5ccccc5c5ccccc54)ccc2cc1-3. The molecule has 2 heteroatoms. The van der Waals surface area contributed by atoms with E-state index in [1.165, 1.54) is 88.1 Å². The normalized spacial score (nSPS) is 12.3. The molecule has 1 aromatic heterocycles. The number of para-hydroxylation sites is 3. The third kappa shape index (κ3) is 4.63. The Kier molecular flexibility index (Phi) is 6.38. The fourth-order valence-corrected chi connectivity index (χ4v) is 8.20. The first-order valence-corrected chi connectivity index (χ1v) is 17.9. The summed E-state index contributed by atoms with van der Waals surface area (Å²) >= 11 is 0. The van der Waals surface area contributed by atoms with Crippen LogP contribution in [0.25, 0.3) is 71.3 Å². The van der Waals surface area contributed by atoms with Gasteiger partial charge in [0.1, 0.15) is 0 Å². The van der Waals surface area contributed by atoms with Crippen molar-refractivity contribution in [3.05, 3.63) is 169 Å². The Balaban J connectivity index is 1.09. The Morgan fingerprint density at radius 3 is 1.63 bits per heavy atom. The smallest absolute Gasteiger partial charge is 0.0541 e. The van der Waals surface area contributed by atoms with Crippen molar-refractivity contribution < 1.29 is 0 Å². The molecule has 0 N–H and O–H groups in total. The van der Waals surface area contributed by atoms with E-state index in [9.17, 15) is 0 Å². The van der Waals surface area contributed by atoms with Crippen LogP contribution < -0.4 is 4.90 Å². The van der Waals surface area contributed by atoms with E-state index in [0.29, 0.717) is 0 Å². The maximum Gasteiger partial charge on any atom is 0.0541 e. The van der Waals surface area contributed by atoms with Crippen LogP contribution in [0.5, 0.6) is 0 Å². The summed E-state index contributed by atoms with van der Waals surface area (Å²) in [5.74, 6) is 0. The monoisotopic (exact) mass is 654 g/mol. The minimum absolute atomic E-state index is 0.0538. The molecule has 0 amide bonds. The molecule has 0 atom stereocenters. The molecule has 1 aliphatic carbocycles. The highest BCUT2D eigenvalue weighted by Gasteiger charge is 2.25. The number of nitrogens with zero attached hydrogens (tertiary/aromatic N) is 2. The average molecular weight is 655 g/mol. The molecule has 244 valence electrons. The lowest BCUT2D eigenvalue weighted by Gasteiger charge is -2.30. The van der Waals surface area contributed by atoms with E-state index in [4.69, 9.17) is 0 Å². The van der Waals surface area contributed by atoms with Crippen LogP contribution in [0.3, 0.4) is 0 Å². The first-order chi connectivity index (χ1) is 24.8. The van der Waals surface area contributed by atoms with Gasteiger partial charge in [-0.1, -0.05) is 99.6 Å². The summed E-state index contributed by atoms with van der Waals surface area (Å²) in [5, 5.41) is 7.62. The van der Waals surface area contributed by atoms with Gasteiger partial charge in [0.25, 0.3) is 0 Å². The van der Waals surface area contributed by atoms with E-state index in [-0.39, 0.29) is 5.41 Å². The van der Waals surface area contributed by atoms with Gasteiger partial charge in [-0.05, 0) is 146 Å². The lowest BCUT2D eigenvalue weighted by molar-refractivity contribution is 0.590. The minimum atomic E-state index is 0.0538. The second-order valence-electron chi connectivity index (χ2n) is 15.2. The van der Waals surface area contributed by atoms with Crippen LogP contribution in [0, 0.1) is 6.92 Å². The number of aromatic nitrogens is 1. The minimum Gasteiger partial charge on any atom is -0.310 e. The quantitative estimate of drug-likeness (QED) is 0.183. The Bertz CT molecular complexity index is 2800. The topological polar surface area (TPSA) is 8.17 Å². The number of fused-ring (bicyclic) bond motifs is 9. The fraction of sp³-hybridized carbons (Fsp3) is 0.102. The van der Waals surface area contributed by atoms with Gasteiger partial charge in [0.2, 0.25) is 0 Å². The molecule has 0 unspecified atom stereocenters. The van der Waals surface area contributed by atoms with Crippen molar-refractivity contribution in [3.8, 4) is 27.9 Å². The molecule has 0 saturated heterocycles. The van der Waals surface area contributed by atoms with E-state index in [2.05, 4.69) is 195 Å². The maximum atomic E-state index is 2.42. The van der Waals surface area contributed by atoms with E-state index in [1.54, 1.807) is 0 Å². The summed E-state index contributed by atoms with van der Waals surface area (Å²) in [7, 11) is 0. The van der Waals surface area contributed by atoms with Crippen LogP contribution in [-0.2, 0) is 5.41 Å². The van der Waals surface area contributed by atoms with Gasteiger partial charge in [-0.3, -0.25) is 0 Å². The molecule has 0 spiro atoms. The molecular formula is C49H38N2. The van der Waals surface area contributed by atoms with Gasteiger partial charge in [0.15, 0.2) is 0 Å². The van der Waals surface area contributed by atoms with Gasteiger partial charge in [-0.25, -0.2) is 0 Å². The summed E-state index contributed by atoms with van der Waals surface area (Å²) in [6.45, 7) is 9.08.